The molecule has 0 radical (unpaired) electrons. The molecule has 6 nitrogen and oxygen atoms in total. The number of pyridine rings is 1. The van der Waals surface area contributed by atoms with Gasteiger partial charge >= 0.3 is 5.97 Å². The number of ether oxygens (including phenoxy) is 1. The van der Waals surface area contributed by atoms with Gasteiger partial charge in [0.25, 0.3) is 5.91 Å². The summed E-state index contributed by atoms with van der Waals surface area (Å²) in [6, 6.07) is 18.1. The monoisotopic (exact) mass is 542 g/mol. The van der Waals surface area contributed by atoms with Crippen LogP contribution in [0.1, 0.15) is 79.1 Å². The summed E-state index contributed by atoms with van der Waals surface area (Å²) in [6.07, 6.45) is 5.49. The molecule has 5 rings (SSSR count). The van der Waals surface area contributed by atoms with Crippen LogP contribution in [0.3, 0.4) is 0 Å². The molecule has 1 fully saturated rings. The van der Waals surface area contributed by atoms with Gasteiger partial charge in [-0.15, -0.1) is 11.3 Å². The van der Waals surface area contributed by atoms with Crippen molar-refractivity contribution < 1.29 is 19.4 Å². The summed E-state index contributed by atoms with van der Waals surface area (Å²) in [6.45, 7) is 6.55. The van der Waals surface area contributed by atoms with Crippen molar-refractivity contribution in [1.82, 2.24) is 10.3 Å². The lowest BCUT2D eigenvalue weighted by Gasteiger charge is -2.19. The second-order valence-corrected chi connectivity index (χ2v) is 12.3. The van der Waals surface area contributed by atoms with Crippen LogP contribution in [0.15, 0.2) is 66.0 Å². The number of aliphatic carboxylic acids is 1. The number of amides is 1. The molecule has 202 valence electrons. The van der Waals surface area contributed by atoms with Gasteiger partial charge in [-0.2, -0.15) is 0 Å². The quantitative estimate of drug-likeness (QED) is 0.238. The zero-order valence-electron chi connectivity index (χ0n) is 22.6. The molecule has 0 bridgehead atoms. The van der Waals surface area contributed by atoms with Crippen molar-refractivity contribution in [2.45, 2.75) is 64.3 Å². The SMILES string of the molecule is CC(C)(C)c1ccc(Oc2ccc3cc(C(=O)N[C@@H](C(=O)O)c4cccs4)nc(CC4CCCC4)c3c2)cc1. The molecule has 0 saturated heterocycles. The Balaban J connectivity index is 1.45. The van der Waals surface area contributed by atoms with Gasteiger partial charge < -0.3 is 15.2 Å². The fourth-order valence-corrected chi connectivity index (χ4v) is 5.96. The van der Waals surface area contributed by atoms with E-state index in [-0.39, 0.29) is 11.1 Å². The topological polar surface area (TPSA) is 88.5 Å². The number of hydrogen-bond donors (Lipinski definition) is 2. The molecule has 1 atom stereocenters. The Hall–Kier alpha value is -3.71. The number of carbonyl (C=O) groups is 2. The summed E-state index contributed by atoms with van der Waals surface area (Å²) in [5, 5.41) is 16.0. The Labute approximate surface area is 233 Å². The van der Waals surface area contributed by atoms with Crippen LogP contribution >= 0.6 is 11.3 Å². The molecule has 0 unspecified atom stereocenters. The van der Waals surface area contributed by atoms with E-state index < -0.39 is 17.9 Å². The molecular weight excluding hydrogens is 508 g/mol. The number of benzene rings is 2. The third-order valence-electron chi connectivity index (χ3n) is 7.38. The van der Waals surface area contributed by atoms with Gasteiger partial charge in [-0.3, -0.25) is 4.79 Å². The molecule has 2 heterocycles. The van der Waals surface area contributed by atoms with Gasteiger partial charge in [0, 0.05) is 16.0 Å². The number of fused-ring (bicyclic) bond motifs is 1. The van der Waals surface area contributed by atoms with Gasteiger partial charge in [-0.1, -0.05) is 70.7 Å². The van der Waals surface area contributed by atoms with Crippen LogP contribution < -0.4 is 10.1 Å². The standard InChI is InChI=1S/C32H34N2O4S/c1-32(2,3)22-11-14-23(15-12-22)38-24-13-10-21-18-27(30(35)34-29(31(36)37)28-9-6-16-39-28)33-26(25(21)19-24)17-20-7-4-5-8-20/h6,9-16,18-20,29H,4-5,7-8,17H2,1-3H3,(H,34,35)(H,36,37)/t29-/m1/s1. The lowest BCUT2D eigenvalue weighted by Crippen LogP contribution is -2.33. The number of carbonyl (C=O) groups excluding carboxylic acids is 1. The maximum absolute atomic E-state index is 13.2. The molecule has 1 saturated carbocycles. The van der Waals surface area contributed by atoms with E-state index in [9.17, 15) is 14.7 Å². The molecule has 39 heavy (non-hydrogen) atoms. The van der Waals surface area contributed by atoms with Crippen LogP contribution in [-0.4, -0.2) is 22.0 Å². The zero-order chi connectivity index (χ0) is 27.6. The smallest absolute Gasteiger partial charge is 0.331 e. The first-order chi connectivity index (χ1) is 18.7. The van der Waals surface area contributed by atoms with E-state index in [1.807, 2.05) is 30.3 Å². The Morgan fingerprint density at radius 1 is 1.05 bits per heavy atom. The summed E-state index contributed by atoms with van der Waals surface area (Å²) < 4.78 is 6.21. The number of carboxylic acid groups (broad SMARTS) is 1. The minimum atomic E-state index is -1.12. The molecule has 2 N–H and O–H groups in total. The second-order valence-electron chi connectivity index (χ2n) is 11.3. The average molecular weight is 543 g/mol. The van der Waals surface area contributed by atoms with Crippen molar-refractivity contribution in [1.29, 1.82) is 0 Å². The van der Waals surface area contributed by atoms with Gasteiger partial charge in [-0.25, -0.2) is 9.78 Å². The molecule has 1 amide bonds. The summed E-state index contributed by atoms with van der Waals surface area (Å²) in [5.41, 5.74) is 2.39. The van der Waals surface area contributed by atoms with E-state index >= 15 is 0 Å². The van der Waals surface area contributed by atoms with E-state index in [4.69, 9.17) is 9.72 Å². The predicted octanol–water partition coefficient (Wildman–Crippen LogP) is 7.67. The van der Waals surface area contributed by atoms with Crippen LogP contribution in [0.4, 0.5) is 0 Å². The van der Waals surface area contributed by atoms with Crippen molar-refractivity contribution in [3.8, 4) is 11.5 Å². The first-order valence-corrected chi connectivity index (χ1v) is 14.3. The highest BCUT2D eigenvalue weighted by Crippen LogP contribution is 2.33. The first kappa shape index (κ1) is 26.9. The molecule has 2 aromatic heterocycles. The number of carboxylic acids is 1. The predicted molar refractivity (Wildman–Crippen MR) is 155 cm³/mol. The molecule has 1 aliphatic carbocycles. The third kappa shape index (κ3) is 6.31. The average Bonchev–Trinajstić information content (AvgIpc) is 3.62. The summed E-state index contributed by atoms with van der Waals surface area (Å²) in [4.78, 5) is 30.5. The van der Waals surface area contributed by atoms with E-state index in [0.717, 1.165) is 41.5 Å². The van der Waals surface area contributed by atoms with Crippen molar-refractivity contribution in [3.05, 3.63) is 87.9 Å². The first-order valence-electron chi connectivity index (χ1n) is 13.5. The lowest BCUT2D eigenvalue weighted by atomic mass is 9.87. The highest BCUT2D eigenvalue weighted by molar-refractivity contribution is 7.10. The Morgan fingerprint density at radius 3 is 2.41 bits per heavy atom. The van der Waals surface area contributed by atoms with Crippen LogP contribution in [-0.2, 0) is 16.6 Å². The summed E-state index contributed by atoms with van der Waals surface area (Å²) in [7, 11) is 0. The van der Waals surface area contributed by atoms with Gasteiger partial charge in [0.1, 0.15) is 17.2 Å². The lowest BCUT2D eigenvalue weighted by molar-refractivity contribution is -0.139. The highest BCUT2D eigenvalue weighted by atomic mass is 32.1. The normalized spacial score (nSPS) is 14.8. The number of hydrogen-bond acceptors (Lipinski definition) is 5. The molecule has 0 aliphatic heterocycles. The molecule has 0 spiro atoms. The molecule has 2 aromatic carbocycles. The van der Waals surface area contributed by atoms with Crippen molar-refractivity contribution in [2.75, 3.05) is 0 Å². The van der Waals surface area contributed by atoms with E-state index in [0.29, 0.717) is 16.5 Å². The minimum Gasteiger partial charge on any atom is -0.479 e. The molecule has 7 heteroatoms. The number of aromatic nitrogens is 1. The molecular formula is C32H34N2O4S. The minimum absolute atomic E-state index is 0.0700. The number of rotatable bonds is 8. The Morgan fingerprint density at radius 2 is 1.77 bits per heavy atom. The van der Waals surface area contributed by atoms with Crippen LogP contribution in [0.2, 0.25) is 0 Å². The Bertz CT molecular complexity index is 1470. The molecule has 1 aliphatic rings. The zero-order valence-corrected chi connectivity index (χ0v) is 23.4. The largest absolute Gasteiger partial charge is 0.479 e. The van der Waals surface area contributed by atoms with Gasteiger partial charge in [0.05, 0.1) is 0 Å². The van der Waals surface area contributed by atoms with Crippen LogP contribution in [0.25, 0.3) is 10.8 Å². The van der Waals surface area contributed by atoms with Gasteiger partial charge in [0.15, 0.2) is 6.04 Å². The van der Waals surface area contributed by atoms with E-state index in [1.165, 1.54) is 29.7 Å². The van der Waals surface area contributed by atoms with E-state index in [1.54, 1.807) is 23.6 Å². The summed E-state index contributed by atoms with van der Waals surface area (Å²) >= 11 is 1.30. The number of thiophene rings is 1. The van der Waals surface area contributed by atoms with Crippen molar-refractivity contribution in [2.24, 2.45) is 5.92 Å². The fraction of sp³-hybridized carbons (Fsp3) is 0.344. The number of nitrogens with one attached hydrogen (secondary N) is 1. The highest BCUT2D eigenvalue weighted by Gasteiger charge is 2.25. The third-order valence-corrected chi connectivity index (χ3v) is 8.32. The Kier molecular flexibility index (Phi) is 7.71. The molecule has 4 aromatic rings. The van der Waals surface area contributed by atoms with Crippen molar-refractivity contribution >= 4 is 34.0 Å². The fourth-order valence-electron chi connectivity index (χ4n) is 5.19. The van der Waals surface area contributed by atoms with Crippen molar-refractivity contribution in [3.63, 3.8) is 0 Å². The van der Waals surface area contributed by atoms with Crippen LogP contribution in [0, 0.1) is 5.92 Å². The van der Waals surface area contributed by atoms with Crippen LogP contribution in [0.5, 0.6) is 11.5 Å². The summed E-state index contributed by atoms with van der Waals surface area (Å²) in [5.74, 6) is 0.393. The second kappa shape index (κ2) is 11.2. The number of nitrogens with zero attached hydrogens (tertiary/aromatic N) is 1. The van der Waals surface area contributed by atoms with E-state index in [2.05, 4.69) is 38.2 Å². The van der Waals surface area contributed by atoms with Gasteiger partial charge in [-0.05, 0) is 70.5 Å². The van der Waals surface area contributed by atoms with Gasteiger partial charge in [0.2, 0.25) is 0 Å². The maximum atomic E-state index is 13.2. The maximum Gasteiger partial charge on any atom is 0.331 e.